The van der Waals surface area contributed by atoms with E-state index in [0.29, 0.717) is 12.1 Å². The summed E-state index contributed by atoms with van der Waals surface area (Å²) in [5, 5.41) is 4.34. The molecule has 0 heterocycles. The Morgan fingerprint density at radius 2 is 1.71 bits per heavy atom. The smallest absolute Gasteiger partial charge is 0.0453 e. The highest BCUT2D eigenvalue weighted by molar-refractivity contribution is 6.31. The average Bonchev–Trinajstić information content (AvgIpc) is 2.45. The Morgan fingerprint density at radius 3 is 2.38 bits per heavy atom. The first-order valence-electron chi connectivity index (χ1n) is 8.20. The zero-order chi connectivity index (χ0) is 15.7. The van der Waals surface area contributed by atoms with E-state index in [0.717, 1.165) is 18.1 Å². The lowest BCUT2D eigenvalue weighted by Crippen LogP contribution is -2.24. The third kappa shape index (κ3) is 7.30. The normalized spacial score (nSPS) is 13.1. The second-order valence-electron chi connectivity index (χ2n) is 6.20. The van der Waals surface area contributed by atoms with Crippen LogP contribution in [0.2, 0.25) is 5.02 Å². The van der Waals surface area contributed by atoms with Crippen LogP contribution in [0.1, 0.15) is 58.1 Å². The molecule has 1 rings (SSSR count). The molecule has 1 aromatic carbocycles. The van der Waals surface area contributed by atoms with E-state index in [1.165, 1.54) is 31.2 Å². The molecule has 1 aromatic rings. The minimum atomic E-state index is 0.376. The lowest BCUT2D eigenvalue weighted by molar-refractivity contribution is 0.255. The van der Waals surface area contributed by atoms with Crippen molar-refractivity contribution in [2.45, 2.75) is 58.5 Å². The van der Waals surface area contributed by atoms with Crippen LogP contribution in [0.25, 0.3) is 0 Å². The number of hydrogen-bond acceptors (Lipinski definition) is 2. The van der Waals surface area contributed by atoms with Crippen molar-refractivity contribution in [3.63, 3.8) is 0 Å². The molecule has 0 spiro atoms. The van der Waals surface area contributed by atoms with Gasteiger partial charge in [-0.05, 0) is 51.5 Å². The van der Waals surface area contributed by atoms with Gasteiger partial charge in [0.15, 0.2) is 0 Å². The van der Waals surface area contributed by atoms with Crippen molar-refractivity contribution in [1.29, 1.82) is 0 Å². The quantitative estimate of drug-likeness (QED) is 0.619. The van der Waals surface area contributed by atoms with Crippen LogP contribution in [-0.2, 0) is 0 Å². The summed E-state index contributed by atoms with van der Waals surface area (Å²) in [6.45, 7) is 8.90. The molecule has 0 aliphatic heterocycles. The predicted molar refractivity (Wildman–Crippen MR) is 94.1 cm³/mol. The van der Waals surface area contributed by atoms with Crippen LogP contribution < -0.4 is 5.32 Å². The largest absolute Gasteiger partial charge is 0.315 e. The van der Waals surface area contributed by atoms with Crippen LogP contribution in [0.15, 0.2) is 24.3 Å². The van der Waals surface area contributed by atoms with Crippen LogP contribution in [0.3, 0.4) is 0 Å². The monoisotopic (exact) mass is 310 g/mol. The molecule has 0 saturated heterocycles. The molecule has 0 amide bonds. The maximum atomic E-state index is 6.27. The SMILES string of the molecule is CC(C)NCCCCCCN(C)C(C)c1ccccc1Cl. The van der Waals surface area contributed by atoms with Crippen molar-refractivity contribution in [3.8, 4) is 0 Å². The molecule has 120 valence electrons. The molecular formula is C18H31ClN2. The van der Waals surface area contributed by atoms with Gasteiger partial charge in [-0.25, -0.2) is 0 Å². The Kier molecular flexibility index (Phi) is 8.98. The number of rotatable bonds is 10. The Morgan fingerprint density at radius 1 is 1.05 bits per heavy atom. The minimum Gasteiger partial charge on any atom is -0.315 e. The van der Waals surface area contributed by atoms with Crippen LogP contribution in [0.4, 0.5) is 0 Å². The van der Waals surface area contributed by atoms with Crippen LogP contribution in [0.5, 0.6) is 0 Å². The minimum absolute atomic E-state index is 0.376. The molecular weight excluding hydrogens is 280 g/mol. The van der Waals surface area contributed by atoms with E-state index in [9.17, 15) is 0 Å². The highest BCUT2D eigenvalue weighted by atomic mass is 35.5. The Bertz CT molecular complexity index is 393. The molecule has 0 aromatic heterocycles. The number of unbranched alkanes of at least 4 members (excludes halogenated alkanes) is 3. The third-order valence-corrected chi connectivity index (χ3v) is 4.35. The molecule has 0 radical (unpaired) electrons. The van der Waals surface area contributed by atoms with Crippen LogP contribution >= 0.6 is 11.6 Å². The van der Waals surface area contributed by atoms with Crippen molar-refractivity contribution in [2.75, 3.05) is 20.1 Å². The van der Waals surface area contributed by atoms with E-state index in [1.807, 2.05) is 12.1 Å². The van der Waals surface area contributed by atoms with E-state index < -0.39 is 0 Å². The second-order valence-corrected chi connectivity index (χ2v) is 6.61. The summed E-state index contributed by atoms with van der Waals surface area (Å²) in [4.78, 5) is 2.40. The topological polar surface area (TPSA) is 15.3 Å². The predicted octanol–water partition coefficient (Wildman–Crippen LogP) is 4.89. The number of hydrogen-bond donors (Lipinski definition) is 1. The fourth-order valence-electron chi connectivity index (χ4n) is 2.48. The summed E-state index contributed by atoms with van der Waals surface area (Å²) < 4.78 is 0. The fraction of sp³-hybridized carbons (Fsp3) is 0.667. The Balaban J connectivity index is 2.19. The second kappa shape index (κ2) is 10.2. The fourth-order valence-corrected chi connectivity index (χ4v) is 2.77. The van der Waals surface area contributed by atoms with Crippen molar-refractivity contribution >= 4 is 11.6 Å². The molecule has 21 heavy (non-hydrogen) atoms. The van der Waals surface area contributed by atoms with Gasteiger partial charge in [0.1, 0.15) is 0 Å². The molecule has 3 heteroatoms. The van der Waals surface area contributed by atoms with E-state index in [-0.39, 0.29) is 0 Å². The summed E-state index contributed by atoms with van der Waals surface area (Å²) in [5.74, 6) is 0. The molecule has 0 fully saturated rings. The summed E-state index contributed by atoms with van der Waals surface area (Å²) in [5.41, 5.74) is 1.22. The first kappa shape index (κ1) is 18.5. The average molecular weight is 311 g/mol. The first-order chi connectivity index (χ1) is 10.0. The zero-order valence-electron chi connectivity index (χ0n) is 14.0. The van der Waals surface area contributed by atoms with Crippen LogP contribution in [-0.4, -0.2) is 31.1 Å². The van der Waals surface area contributed by atoms with Gasteiger partial charge in [0, 0.05) is 17.1 Å². The molecule has 1 atom stereocenters. The molecule has 0 saturated carbocycles. The zero-order valence-corrected chi connectivity index (χ0v) is 14.8. The van der Waals surface area contributed by atoms with E-state index in [1.54, 1.807) is 0 Å². The summed E-state index contributed by atoms with van der Waals surface area (Å²) >= 11 is 6.27. The lowest BCUT2D eigenvalue weighted by atomic mass is 10.1. The molecule has 0 aliphatic rings. The van der Waals surface area contributed by atoms with E-state index in [2.05, 4.69) is 50.2 Å². The molecule has 0 bridgehead atoms. The number of benzene rings is 1. The maximum Gasteiger partial charge on any atom is 0.0453 e. The number of nitrogens with one attached hydrogen (secondary N) is 1. The highest BCUT2D eigenvalue weighted by Crippen LogP contribution is 2.26. The van der Waals surface area contributed by atoms with Gasteiger partial charge in [-0.2, -0.15) is 0 Å². The van der Waals surface area contributed by atoms with E-state index >= 15 is 0 Å². The van der Waals surface area contributed by atoms with Crippen molar-refractivity contribution in [3.05, 3.63) is 34.9 Å². The maximum absolute atomic E-state index is 6.27. The third-order valence-electron chi connectivity index (χ3n) is 4.01. The van der Waals surface area contributed by atoms with Gasteiger partial charge in [0.25, 0.3) is 0 Å². The van der Waals surface area contributed by atoms with Crippen molar-refractivity contribution in [1.82, 2.24) is 10.2 Å². The Labute approximate surface area is 135 Å². The van der Waals surface area contributed by atoms with Gasteiger partial charge >= 0.3 is 0 Å². The van der Waals surface area contributed by atoms with Gasteiger partial charge in [-0.1, -0.05) is 56.5 Å². The molecule has 1 N–H and O–H groups in total. The molecule has 2 nitrogen and oxygen atoms in total. The van der Waals surface area contributed by atoms with Crippen LogP contribution in [0, 0.1) is 0 Å². The number of nitrogens with zero attached hydrogens (tertiary/aromatic N) is 1. The van der Waals surface area contributed by atoms with Gasteiger partial charge in [-0.15, -0.1) is 0 Å². The van der Waals surface area contributed by atoms with Crippen molar-refractivity contribution in [2.24, 2.45) is 0 Å². The lowest BCUT2D eigenvalue weighted by Gasteiger charge is -2.25. The standard InChI is InChI=1S/C18H31ClN2/c1-15(2)20-13-9-5-6-10-14-21(4)16(3)17-11-7-8-12-18(17)19/h7-8,11-12,15-16,20H,5-6,9-10,13-14H2,1-4H3. The van der Waals surface area contributed by atoms with Gasteiger partial charge < -0.3 is 5.32 Å². The molecule has 0 aliphatic carbocycles. The summed E-state index contributed by atoms with van der Waals surface area (Å²) in [7, 11) is 2.19. The van der Waals surface area contributed by atoms with Crippen molar-refractivity contribution < 1.29 is 0 Å². The number of halogens is 1. The van der Waals surface area contributed by atoms with Gasteiger partial charge in [0.05, 0.1) is 0 Å². The molecule has 1 unspecified atom stereocenters. The highest BCUT2D eigenvalue weighted by Gasteiger charge is 2.13. The van der Waals surface area contributed by atoms with Gasteiger partial charge in [0.2, 0.25) is 0 Å². The van der Waals surface area contributed by atoms with E-state index in [4.69, 9.17) is 11.6 Å². The summed E-state index contributed by atoms with van der Waals surface area (Å²) in [6.07, 6.45) is 5.16. The summed E-state index contributed by atoms with van der Waals surface area (Å²) in [6, 6.07) is 9.13. The Hall–Kier alpha value is -0.570. The van der Waals surface area contributed by atoms with Gasteiger partial charge in [-0.3, -0.25) is 4.90 Å². The first-order valence-corrected chi connectivity index (χ1v) is 8.58.